The van der Waals surface area contributed by atoms with Crippen molar-refractivity contribution in [3.63, 3.8) is 0 Å². The molecule has 6 heteroatoms. The lowest BCUT2D eigenvalue weighted by Crippen LogP contribution is -2.44. The van der Waals surface area contributed by atoms with Crippen LogP contribution in [-0.4, -0.2) is 44.2 Å². The van der Waals surface area contributed by atoms with E-state index in [1.54, 1.807) is 32.4 Å². The number of hydrogen-bond acceptors (Lipinski definition) is 4. The molecular formula is C21H25ClN2O3. The van der Waals surface area contributed by atoms with E-state index < -0.39 is 0 Å². The molecule has 0 bridgehead atoms. The van der Waals surface area contributed by atoms with Crippen molar-refractivity contribution in [1.29, 1.82) is 0 Å². The van der Waals surface area contributed by atoms with Crippen molar-refractivity contribution in [3.05, 3.63) is 58.6 Å². The second-order valence-corrected chi connectivity index (χ2v) is 7.16. The van der Waals surface area contributed by atoms with Crippen LogP contribution in [0.2, 0.25) is 5.02 Å². The molecule has 1 heterocycles. The molecule has 2 aromatic carbocycles. The topological polar surface area (TPSA) is 50.8 Å². The zero-order valence-electron chi connectivity index (χ0n) is 15.7. The van der Waals surface area contributed by atoms with Crippen LogP contribution in [0.25, 0.3) is 0 Å². The minimum atomic E-state index is -0.116. The van der Waals surface area contributed by atoms with Gasteiger partial charge in [0.2, 0.25) is 0 Å². The maximum absolute atomic E-state index is 12.6. The van der Waals surface area contributed by atoms with Crippen molar-refractivity contribution in [1.82, 2.24) is 10.2 Å². The van der Waals surface area contributed by atoms with Gasteiger partial charge in [0, 0.05) is 30.7 Å². The number of halogens is 1. The van der Waals surface area contributed by atoms with E-state index in [9.17, 15) is 4.79 Å². The van der Waals surface area contributed by atoms with Gasteiger partial charge in [0.1, 0.15) is 11.5 Å². The summed E-state index contributed by atoms with van der Waals surface area (Å²) in [5.41, 5.74) is 1.75. The van der Waals surface area contributed by atoms with Gasteiger partial charge in [0.05, 0.1) is 19.8 Å². The number of carbonyl (C=O) groups excluding carboxylic acids is 1. The van der Waals surface area contributed by atoms with Crippen LogP contribution in [0.5, 0.6) is 11.5 Å². The molecule has 0 spiro atoms. The Hall–Kier alpha value is -2.24. The predicted molar refractivity (Wildman–Crippen MR) is 107 cm³/mol. The maximum atomic E-state index is 12.6. The standard InChI is InChI=1S/C21H25ClN2O3/c1-26-18-5-3-4-15(12-18)14-24-10-8-17(9-11-24)23-21(25)19-7-6-16(22)13-20(19)27-2/h3-7,12-13,17H,8-11,14H2,1-2H3,(H,23,25). The second-order valence-electron chi connectivity index (χ2n) is 6.72. The average molecular weight is 389 g/mol. The van der Waals surface area contributed by atoms with Gasteiger partial charge in [0.15, 0.2) is 0 Å². The van der Waals surface area contributed by atoms with E-state index in [1.165, 1.54) is 5.56 Å². The molecule has 1 aliphatic rings. The lowest BCUT2D eigenvalue weighted by atomic mass is 10.0. The molecule has 0 atom stereocenters. The first-order chi connectivity index (χ1) is 13.1. The number of piperidine rings is 1. The van der Waals surface area contributed by atoms with E-state index in [0.29, 0.717) is 16.3 Å². The van der Waals surface area contributed by atoms with Crippen LogP contribution in [0.4, 0.5) is 0 Å². The van der Waals surface area contributed by atoms with Gasteiger partial charge in [-0.2, -0.15) is 0 Å². The average Bonchev–Trinajstić information content (AvgIpc) is 2.69. The van der Waals surface area contributed by atoms with Crippen molar-refractivity contribution in [2.45, 2.75) is 25.4 Å². The summed E-state index contributed by atoms with van der Waals surface area (Å²) in [5, 5.41) is 3.67. The van der Waals surface area contributed by atoms with Gasteiger partial charge in [-0.1, -0.05) is 23.7 Å². The molecule has 1 saturated heterocycles. The van der Waals surface area contributed by atoms with Gasteiger partial charge < -0.3 is 14.8 Å². The molecule has 0 unspecified atom stereocenters. The number of likely N-dealkylation sites (tertiary alicyclic amines) is 1. The number of nitrogens with one attached hydrogen (secondary N) is 1. The molecule has 0 radical (unpaired) electrons. The Kier molecular flexibility index (Phi) is 6.58. The van der Waals surface area contributed by atoms with Crippen LogP contribution in [0.15, 0.2) is 42.5 Å². The molecule has 3 rings (SSSR count). The third-order valence-corrected chi connectivity index (χ3v) is 5.11. The SMILES string of the molecule is COc1cccc(CN2CCC(NC(=O)c3ccc(Cl)cc3OC)CC2)c1. The summed E-state index contributed by atoms with van der Waals surface area (Å²) in [5.74, 6) is 1.26. The first-order valence-electron chi connectivity index (χ1n) is 9.08. The molecule has 0 aliphatic carbocycles. The van der Waals surface area contributed by atoms with E-state index in [4.69, 9.17) is 21.1 Å². The fourth-order valence-corrected chi connectivity index (χ4v) is 3.54. The number of carbonyl (C=O) groups is 1. The normalized spacial score (nSPS) is 15.4. The van der Waals surface area contributed by atoms with E-state index in [-0.39, 0.29) is 11.9 Å². The number of amides is 1. The van der Waals surface area contributed by atoms with E-state index in [1.807, 2.05) is 12.1 Å². The first kappa shape index (κ1) is 19.5. The fraction of sp³-hybridized carbons (Fsp3) is 0.381. The highest BCUT2D eigenvalue weighted by molar-refractivity contribution is 6.30. The van der Waals surface area contributed by atoms with Gasteiger partial charge in [-0.15, -0.1) is 0 Å². The summed E-state index contributed by atoms with van der Waals surface area (Å²) in [6.45, 7) is 2.78. The summed E-state index contributed by atoms with van der Waals surface area (Å²) in [7, 11) is 3.22. The smallest absolute Gasteiger partial charge is 0.255 e. The lowest BCUT2D eigenvalue weighted by Gasteiger charge is -2.32. The van der Waals surface area contributed by atoms with Gasteiger partial charge in [-0.3, -0.25) is 9.69 Å². The summed E-state index contributed by atoms with van der Waals surface area (Å²) >= 11 is 5.97. The highest BCUT2D eigenvalue weighted by atomic mass is 35.5. The maximum Gasteiger partial charge on any atom is 0.255 e. The van der Waals surface area contributed by atoms with Gasteiger partial charge in [-0.05, 0) is 48.7 Å². The third kappa shape index (κ3) is 5.15. The number of benzene rings is 2. The largest absolute Gasteiger partial charge is 0.497 e. The van der Waals surface area contributed by atoms with Crippen LogP contribution in [0, 0.1) is 0 Å². The molecule has 0 saturated carbocycles. The van der Waals surface area contributed by atoms with Crippen molar-refractivity contribution in [2.24, 2.45) is 0 Å². The molecule has 1 fully saturated rings. The Morgan fingerprint density at radius 3 is 2.63 bits per heavy atom. The third-order valence-electron chi connectivity index (χ3n) is 4.87. The highest BCUT2D eigenvalue weighted by Gasteiger charge is 2.22. The Morgan fingerprint density at radius 1 is 1.15 bits per heavy atom. The van der Waals surface area contributed by atoms with Crippen LogP contribution >= 0.6 is 11.6 Å². The minimum absolute atomic E-state index is 0.116. The van der Waals surface area contributed by atoms with Crippen LogP contribution in [-0.2, 0) is 6.54 Å². The van der Waals surface area contributed by atoms with Crippen molar-refractivity contribution in [3.8, 4) is 11.5 Å². The number of nitrogens with zero attached hydrogens (tertiary/aromatic N) is 1. The molecule has 1 N–H and O–H groups in total. The predicted octanol–water partition coefficient (Wildman–Crippen LogP) is 3.75. The van der Waals surface area contributed by atoms with Gasteiger partial charge in [0.25, 0.3) is 5.91 Å². The summed E-state index contributed by atoms with van der Waals surface area (Å²) in [6.07, 6.45) is 1.84. The van der Waals surface area contributed by atoms with Crippen LogP contribution in [0.3, 0.4) is 0 Å². The zero-order valence-corrected chi connectivity index (χ0v) is 16.5. The molecule has 1 aliphatic heterocycles. The Labute approximate surface area is 165 Å². The van der Waals surface area contributed by atoms with Crippen molar-refractivity contribution in [2.75, 3.05) is 27.3 Å². The van der Waals surface area contributed by atoms with Crippen molar-refractivity contribution >= 4 is 17.5 Å². The molecular weight excluding hydrogens is 364 g/mol. The first-order valence-corrected chi connectivity index (χ1v) is 9.46. The summed E-state index contributed by atoms with van der Waals surface area (Å²) in [4.78, 5) is 15.0. The van der Waals surface area contributed by atoms with E-state index in [0.717, 1.165) is 38.2 Å². The monoisotopic (exact) mass is 388 g/mol. The zero-order chi connectivity index (χ0) is 19.2. The molecule has 1 amide bonds. The van der Waals surface area contributed by atoms with Crippen LogP contribution < -0.4 is 14.8 Å². The summed E-state index contributed by atoms with van der Waals surface area (Å²) in [6, 6.07) is 13.4. The molecule has 0 aromatic heterocycles. The number of hydrogen-bond donors (Lipinski definition) is 1. The Balaban J connectivity index is 1.52. The highest BCUT2D eigenvalue weighted by Crippen LogP contribution is 2.24. The van der Waals surface area contributed by atoms with E-state index in [2.05, 4.69) is 22.3 Å². The molecule has 144 valence electrons. The van der Waals surface area contributed by atoms with Crippen molar-refractivity contribution < 1.29 is 14.3 Å². The minimum Gasteiger partial charge on any atom is -0.497 e. The van der Waals surface area contributed by atoms with Gasteiger partial charge in [-0.25, -0.2) is 0 Å². The van der Waals surface area contributed by atoms with Gasteiger partial charge >= 0.3 is 0 Å². The number of rotatable bonds is 6. The molecule has 2 aromatic rings. The fourth-order valence-electron chi connectivity index (χ4n) is 3.38. The second kappa shape index (κ2) is 9.11. The molecule has 27 heavy (non-hydrogen) atoms. The molecule has 5 nitrogen and oxygen atoms in total. The van der Waals surface area contributed by atoms with Crippen LogP contribution in [0.1, 0.15) is 28.8 Å². The lowest BCUT2D eigenvalue weighted by molar-refractivity contribution is 0.0906. The number of ether oxygens (including phenoxy) is 2. The number of methoxy groups -OCH3 is 2. The Bertz CT molecular complexity index is 789. The quantitative estimate of drug-likeness (QED) is 0.818. The Morgan fingerprint density at radius 2 is 1.93 bits per heavy atom. The summed E-state index contributed by atoms with van der Waals surface area (Å²) < 4.78 is 10.6. The van der Waals surface area contributed by atoms with E-state index >= 15 is 0 Å².